The van der Waals surface area contributed by atoms with Crippen molar-refractivity contribution >= 4 is 21.4 Å². The van der Waals surface area contributed by atoms with Crippen LogP contribution in [0.15, 0.2) is 24.3 Å². The normalized spacial score (nSPS) is 21.6. The summed E-state index contributed by atoms with van der Waals surface area (Å²) >= 11 is 0. The van der Waals surface area contributed by atoms with Crippen LogP contribution in [0.3, 0.4) is 0 Å². The van der Waals surface area contributed by atoms with Crippen LogP contribution in [0, 0.1) is 0 Å². The van der Waals surface area contributed by atoms with Crippen LogP contribution in [0.25, 0.3) is 0 Å². The van der Waals surface area contributed by atoms with Crippen LogP contribution >= 0.6 is 0 Å². The second-order valence-corrected chi connectivity index (χ2v) is 6.98. The van der Waals surface area contributed by atoms with Crippen molar-refractivity contribution in [2.75, 3.05) is 23.9 Å². The molecule has 6 heteroatoms. The lowest BCUT2D eigenvalue weighted by Crippen LogP contribution is -2.43. The number of amides is 1. The highest BCUT2D eigenvalue weighted by molar-refractivity contribution is 7.91. The SMILES string of the molecule is CNc1ccc(C(=O)NC2CCCS(=O)(=O)C2)cc1. The summed E-state index contributed by atoms with van der Waals surface area (Å²) in [6.07, 6.45) is 1.34. The predicted octanol–water partition coefficient (Wildman–Crippen LogP) is 1.04. The number of rotatable bonds is 3. The van der Waals surface area contributed by atoms with E-state index in [9.17, 15) is 13.2 Å². The van der Waals surface area contributed by atoms with Crippen molar-refractivity contribution in [1.82, 2.24) is 5.32 Å². The van der Waals surface area contributed by atoms with Crippen molar-refractivity contribution in [2.24, 2.45) is 0 Å². The Hall–Kier alpha value is -1.56. The minimum atomic E-state index is -3.00. The Labute approximate surface area is 113 Å². The van der Waals surface area contributed by atoms with Crippen molar-refractivity contribution in [3.63, 3.8) is 0 Å². The van der Waals surface area contributed by atoms with Gasteiger partial charge in [-0.3, -0.25) is 4.79 Å². The molecule has 2 N–H and O–H groups in total. The number of hydrogen-bond donors (Lipinski definition) is 2. The van der Waals surface area contributed by atoms with Gasteiger partial charge in [0.1, 0.15) is 0 Å². The van der Waals surface area contributed by atoms with Gasteiger partial charge in [-0.25, -0.2) is 8.42 Å². The predicted molar refractivity (Wildman–Crippen MR) is 75.1 cm³/mol. The largest absolute Gasteiger partial charge is 0.388 e. The molecule has 1 saturated heterocycles. The zero-order valence-electron chi connectivity index (χ0n) is 10.8. The molecule has 1 unspecified atom stereocenters. The van der Waals surface area contributed by atoms with E-state index < -0.39 is 9.84 Å². The van der Waals surface area contributed by atoms with E-state index in [2.05, 4.69) is 10.6 Å². The lowest BCUT2D eigenvalue weighted by atomic mass is 10.1. The van der Waals surface area contributed by atoms with Gasteiger partial charge in [0, 0.05) is 24.3 Å². The van der Waals surface area contributed by atoms with Crippen LogP contribution in [0.2, 0.25) is 0 Å². The van der Waals surface area contributed by atoms with E-state index >= 15 is 0 Å². The average Bonchev–Trinajstić information content (AvgIpc) is 2.37. The Morgan fingerprint density at radius 3 is 2.53 bits per heavy atom. The number of benzene rings is 1. The van der Waals surface area contributed by atoms with Crippen LogP contribution in [-0.4, -0.2) is 38.9 Å². The fourth-order valence-corrected chi connectivity index (χ4v) is 3.83. The number of sulfone groups is 1. The zero-order chi connectivity index (χ0) is 13.9. The van der Waals surface area contributed by atoms with E-state index in [4.69, 9.17) is 0 Å². The molecule has 0 radical (unpaired) electrons. The molecular weight excluding hydrogens is 264 g/mol. The third kappa shape index (κ3) is 3.70. The molecule has 1 aromatic carbocycles. The summed E-state index contributed by atoms with van der Waals surface area (Å²) in [5.41, 5.74) is 1.47. The van der Waals surface area contributed by atoms with Crippen LogP contribution in [0.4, 0.5) is 5.69 Å². The lowest BCUT2D eigenvalue weighted by Gasteiger charge is -2.23. The molecule has 5 nitrogen and oxygen atoms in total. The van der Waals surface area contributed by atoms with Crippen LogP contribution < -0.4 is 10.6 Å². The van der Waals surface area contributed by atoms with Gasteiger partial charge in [-0.2, -0.15) is 0 Å². The van der Waals surface area contributed by atoms with Gasteiger partial charge in [0.05, 0.1) is 11.5 Å². The topological polar surface area (TPSA) is 75.3 Å². The monoisotopic (exact) mass is 282 g/mol. The Morgan fingerprint density at radius 1 is 1.26 bits per heavy atom. The van der Waals surface area contributed by atoms with E-state index in [1.54, 1.807) is 12.1 Å². The van der Waals surface area contributed by atoms with Crippen LogP contribution in [0.1, 0.15) is 23.2 Å². The maximum atomic E-state index is 12.0. The maximum Gasteiger partial charge on any atom is 0.251 e. The van der Waals surface area contributed by atoms with Crippen molar-refractivity contribution in [3.05, 3.63) is 29.8 Å². The molecule has 19 heavy (non-hydrogen) atoms. The molecule has 0 saturated carbocycles. The van der Waals surface area contributed by atoms with Gasteiger partial charge in [-0.15, -0.1) is 0 Å². The number of carbonyl (C=O) groups is 1. The molecule has 0 aromatic heterocycles. The summed E-state index contributed by atoms with van der Waals surface area (Å²) in [7, 11) is -1.19. The van der Waals surface area contributed by atoms with Crippen LogP contribution in [0.5, 0.6) is 0 Å². The standard InChI is InChI=1S/C13H18N2O3S/c1-14-11-6-4-10(5-7-11)13(16)15-12-3-2-8-19(17,18)9-12/h4-7,12,14H,2-3,8-9H2,1H3,(H,15,16). The van der Waals surface area contributed by atoms with E-state index in [1.165, 1.54) is 0 Å². The van der Waals surface area contributed by atoms with E-state index in [-0.39, 0.29) is 23.5 Å². The highest BCUT2D eigenvalue weighted by Gasteiger charge is 2.26. The fraction of sp³-hybridized carbons (Fsp3) is 0.462. The van der Waals surface area contributed by atoms with Gasteiger partial charge in [-0.1, -0.05) is 0 Å². The summed E-state index contributed by atoms with van der Waals surface area (Å²) in [5, 5.41) is 5.76. The first-order valence-corrected chi connectivity index (χ1v) is 8.11. The van der Waals surface area contributed by atoms with Gasteiger partial charge in [-0.05, 0) is 37.1 Å². The highest BCUT2D eigenvalue weighted by Crippen LogP contribution is 2.13. The molecule has 104 valence electrons. The van der Waals surface area contributed by atoms with Crippen molar-refractivity contribution in [1.29, 1.82) is 0 Å². The maximum absolute atomic E-state index is 12.0. The smallest absolute Gasteiger partial charge is 0.251 e. The molecule has 0 bridgehead atoms. The van der Waals surface area contributed by atoms with Gasteiger partial charge in [0.15, 0.2) is 9.84 Å². The minimum absolute atomic E-state index is 0.0489. The van der Waals surface area contributed by atoms with Gasteiger partial charge < -0.3 is 10.6 Å². The fourth-order valence-electron chi connectivity index (χ4n) is 2.19. The number of nitrogens with one attached hydrogen (secondary N) is 2. The second-order valence-electron chi connectivity index (χ2n) is 4.75. The summed E-state index contributed by atoms with van der Waals surface area (Å²) in [4.78, 5) is 12.0. The molecular formula is C13H18N2O3S. The molecule has 1 aliphatic heterocycles. The average molecular weight is 282 g/mol. The summed E-state index contributed by atoms with van der Waals surface area (Å²) in [5.74, 6) is 0.0635. The van der Waals surface area contributed by atoms with Gasteiger partial charge >= 0.3 is 0 Å². The summed E-state index contributed by atoms with van der Waals surface area (Å²) in [6.45, 7) is 0. The Kier molecular flexibility index (Phi) is 4.09. The third-order valence-corrected chi connectivity index (χ3v) is 5.05. The molecule has 1 amide bonds. The van der Waals surface area contributed by atoms with E-state index in [0.29, 0.717) is 12.0 Å². The second kappa shape index (κ2) is 5.61. The van der Waals surface area contributed by atoms with Crippen LogP contribution in [-0.2, 0) is 9.84 Å². The number of anilines is 1. The molecule has 2 rings (SSSR count). The molecule has 1 fully saturated rings. The van der Waals surface area contributed by atoms with E-state index in [1.807, 2.05) is 19.2 Å². The Balaban J connectivity index is 2.00. The Morgan fingerprint density at radius 2 is 1.95 bits per heavy atom. The van der Waals surface area contributed by atoms with Gasteiger partial charge in [0.2, 0.25) is 0 Å². The first kappa shape index (κ1) is 13.9. The molecule has 1 aliphatic rings. The quantitative estimate of drug-likeness (QED) is 0.868. The van der Waals surface area contributed by atoms with Crippen molar-refractivity contribution in [2.45, 2.75) is 18.9 Å². The van der Waals surface area contributed by atoms with Gasteiger partial charge in [0.25, 0.3) is 5.91 Å². The summed E-state index contributed by atoms with van der Waals surface area (Å²) < 4.78 is 23.0. The molecule has 0 aliphatic carbocycles. The zero-order valence-corrected chi connectivity index (χ0v) is 11.7. The molecule has 0 spiro atoms. The lowest BCUT2D eigenvalue weighted by molar-refractivity contribution is 0.0938. The first-order chi connectivity index (χ1) is 9.00. The molecule has 1 atom stereocenters. The first-order valence-electron chi connectivity index (χ1n) is 6.29. The summed E-state index contributed by atoms with van der Waals surface area (Å²) in [6, 6.07) is 6.80. The third-order valence-electron chi connectivity index (χ3n) is 3.23. The number of hydrogen-bond acceptors (Lipinski definition) is 4. The molecule has 1 heterocycles. The van der Waals surface area contributed by atoms with Crippen molar-refractivity contribution < 1.29 is 13.2 Å². The van der Waals surface area contributed by atoms with Crippen molar-refractivity contribution in [3.8, 4) is 0 Å². The highest BCUT2D eigenvalue weighted by atomic mass is 32.2. The number of carbonyl (C=O) groups excluding carboxylic acids is 1. The Bertz CT molecular complexity index is 552. The minimum Gasteiger partial charge on any atom is -0.388 e. The van der Waals surface area contributed by atoms with E-state index in [0.717, 1.165) is 12.1 Å². The molecule has 1 aromatic rings.